The molecule has 0 aliphatic heterocycles. The standard InChI is InChI=1S/C32H52N5O4PS2/c1-3-4-5-6-7-8-9-10-11-12-13-14-15-18-21-43-44-29-20-17-16-19-28(29)23-41-42(38,39)26-40-27(2)22-37-25-36-30-31(33)34-24-35-32(30)37/h16-17,19-20,24-25,27H,3-15,18,21-23,26H2,1-2H3,(H,38,39)(H2,33,34,35)/t27-/m1/s1. The van der Waals surface area contributed by atoms with Crippen LogP contribution in [0.15, 0.2) is 41.8 Å². The molecule has 0 fully saturated rings. The minimum absolute atomic E-state index is 0.0520. The third-order valence-electron chi connectivity index (χ3n) is 7.53. The Morgan fingerprint density at radius 1 is 0.932 bits per heavy atom. The molecule has 246 valence electrons. The van der Waals surface area contributed by atoms with Gasteiger partial charge in [0, 0.05) is 10.6 Å². The fourth-order valence-electron chi connectivity index (χ4n) is 4.96. The molecule has 0 radical (unpaired) electrons. The van der Waals surface area contributed by atoms with Crippen LogP contribution >= 0.6 is 29.2 Å². The van der Waals surface area contributed by atoms with E-state index >= 15 is 0 Å². The van der Waals surface area contributed by atoms with Crippen LogP contribution in [0.25, 0.3) is 11.2 Å². The molecule has 3 N–H and O–H groups in total. The van der Waals surface area contributed by atoms with E-state index in [4.69, 9.17) is 15.0 Å². The van der Waals surface area contributed by atoms with Gasteiger partial charge in [0.2, 0.25) is 0 Å². The minimum Gasteiger partial charge on any atom is -0.382 e. The lowest BCUT2D eigenvalue weighted by Crippen LogP contribution is -2.17. The van der Waals surface area contributed by atoms with E-state index in [0.717, 1.165) is 16.2 Å². The van der Waals surface area contributed by atoms with E-state index in [9.17, 15) is 9.46 Å². The highest BCUT2D eigenvalue weighted by Gasteiger charge is 2.23. The average molecular weight is 666 g/mol. The van der Waals surface area contributed by atoms with Gasteiger partial charge in [-0.25, -0.2) is 15.0 Å². The van der Waals surface area contributed by atoms with Crippen molar-refractivity contribution in [2.75, 3.05) is 17.8 Å². The molecule has 3 aromatic rings. The average Bonchev–Trinajstić information content (AvgIpc) is 3.43. The van der Waals surface area contributed by atoms with Crippen LogP contribution in [0.1, 0.15) is 109 Å². The van der Waals surface area contributed by atoms with Gasteiger partial charge in [0.15, 0.2) is 11.5 Å². The maximum Gasteiger partial charge on any atom is 0.353 e. The number of benzene rings is 1. The fraction of sp³-hybridized carbons (Fsp3) is 0.656. The number of imidazole rings is 1. The molecule has 0 spiro atoms. The molecule has 3 rings (SSSR count). The Kier molecular flexibility index (Phi) is 17.8. The maximum absolute atomic E-state index is 12.7. The van der Waals surface area contributed by atoms with E-state index < -0.39 is 13.9 Å². The van der Waals surface area contributed by atoms with Crippen LogP contribution in [-0.4, -0.2) is 42.6 Å². The van der Waals surface area contributed by atoms with Gasteiger partial charge in [-0.1, -0.05) is 130 Å². The van der Waals surface area contributed by atoms with E-state index in [1.807, 2.05) is 42.0 Å². The van der Waals surface area contributed by atoms with E-state index in [1.54, 1.807) is 21.7 Å². The van der Waals surface area contributed by atoms with Crippen LogP contribution in [0.3, 0.4) is 0 Å². The molecule has 0 saturated carbocycles. The number of ether oxygens (including phenoxy) is 1. The molecular weight excluding hydrogens is 613 g/mol. The molecule has 12 heteroatoms. The third-order valence-corrected chi connectivity index (χ3v) is 11.1. The third kappa shape index (κ3) is 14.2. The highest BCUT2D eigenvalue weighted by Crippen LogP contribution is 2.44. The monoisotopic (exact) mass is 665 g/mol. The van der Waals surface area contributed by atoms with Crippen molar-refractivity contribution >= 4 is 46.2 Å². The quantitative estimate of drug-likeness (QED) is 0.0513. The molecule has 2 aromatic heterocycles. The Balaban J connectivity index is 1.25. The SMILES string of the molecule is CCCCCCCCCCCCCCCCSSc1ccccc1COP(=O)(O)CO[C@H](C)Cn1cnc2c(N)ncnc21. The van der Waals surface area contributed by atoms with Gasteiger partial charge in [-0.3, -0.25) is 4.57 Å². The first-order chi connectivity index (χ1) is 21.4. The molecule has 2 atom stereocenters. The number of hydrogen-bond donors (Lipinski definition) is 2. The summed E-state index contributed by atoms with van der Waals surface area (Å²) in [6.07, 6.45) is 21.3. The van der Waals surface area contributed by atoms with E-state index in [1.165, 1.54) is 96.2 Å². The molecule has 0 amide bonds. The van der Waals surface area contributed by atoms with Gasteiger partial charge in [-0.15, -0.1) is 0 Å². The molecule has 1 aromatic carbocycles. The lowest BCUT2D eigenvalue weighted by Gasteiger charge is -2.18. The number of rotatable bonds is 25. The van der Waals surface area contributed by atoms with Crippen molar-refractivity contribution in [1.29, 1.82) is 0 Å². The Morgan fingerprint density at radius 3 is 2.25 bits per heavy atom. The van der Waals surface area contributed by atoms with Crippen molar-refractivity contribution in [3.8, 4) is 0 Å². The molecule has 2 heterocycles. The molecule has 0 saturated heterocycles. The van der Waals surface area contributed by atoms with Crippen LogP contribution in [-0.2, 0) is 27.0 Å². The maximum atomic E-state index is 12.7. The number of nitrogens with two attached hydrogens (primary N) is 1. The first kappa shape index (κ1) is 36.8. The van der Waals surface area contributed by atoms with Crippen LogP contribution in [0.5, 0.6) is 0 Å². The summed E-state index contributed by atoms with van der Waals surface area (Å²) in [5, 5.41) is 0. The van der Waals surface area contributed by atoms with Crippen molar-refractivity contribution in [3.63, 3.8) is 0 Å². The van der Waals surface area contributed by atoms with Crippen LogP contribution in [0.4, 0.5) is 5.82 Å². The normalized spacial score (nSPS) is 13.8. The summed E-state index contributed by atoms with van der Waals surface area (Å²) in [5.74, 6) is 1.40. The molecule has 0 bridgehead atoms. The molecule has 0 aliphatic rings. The van der Waals surface area contributed by atoms with Crippen molar-refractivity contribution in [2.45, 2.75) is 128 Å². The van der Waals surface area contributed by atoms with Crippen molar-refractivity contribution in [2.24, 2.45) is 0 Å². The predicted octanol–water partition coefficient (Wildman–Crippen LogP) is 9.39. The van der Waals surface area contributed by atoms with E-state index in [-0.39, 0.29) is 12.7 Å². The Bertz CT molecular complexity index is 1260. The summed E-state index contributed by atoms with van der Waals surface area (Å²) in [7, 11) is -0.403. The number of nitrogens with zero attached hydrogens (tertiary/aromatic N) is 4. The predicted molar refractivity (Wildman–Crippen MR) is 185 cm³/mol. The zero-order chi connectivity index (χ0) is 31.5. The summed E-state index contributed by atoms with van der Waals surface area (Å²) in [4.78, 5) is 23.9. The van der Waals surface area contributed by atoms with Crippen LogP contribution < -0.4 is 5.73 Å². The number of aromatic nitrogens is 4. The Morgan fingerprint density at radius 2 is 1.57 bits per heavy atom. The molecular formula is C32H52N5O4PS2. The van der Waals surface area contributed by atoms with Gasteiger partial charge < -0.3 is 24.5 Å². The van der Waals surface area contributed by atoms with E-state index in [0.29, 0.717) is 23.5 Å². The van der Waals surface area contributed by atoms with Gasteiger partial charge in [-0.05, 0) is 25.0 Å². The molecule has 0 aliphatic carbocycles. The summed E-state index contributed by atoms with van der Waals surface area (Å²) in [6.45, 7) is 4.54. The van der Waals surface area contributed by atoms with Gasteiger partial charge in [-0.2, -0.15) is 0 Å². The van der Waals surface area contributed by atoms with Crippen molar-refractivity contribution in [3.05, 3.63) is 42.5 Å². The van der Waals surface area contributed by atoms with Crippen molar-refractivity contribution in [1.82, 2.24) is 19.5 Å². The van der Waals surface area contributed by atoms with Crippen LogP contribution in [0, 0.1) is 0 Å². The topological polar surface area (TPSA) is 125 Å². The molecule has 1 unspecified atom stereocenters. The van der Waals surface area contributed by atoms with Crippen LogP contribution in [0.2, 0.25) is 0 Å². The second kappa shape index (κ2) is 21.2. The number of nitrogen functional groups attached to an aromatic ring is 1. The van der Waals surface area contributed by atoms with E-state index in [2.05, 4.69) is 21.9 Å². The smallest absolute Gasteiger partial charge is 0.353 e. The zero-order valence-electron chi connectivity index (χ0n) is 26.6. The first-order valence-electron chi connectivity index (χ1n) is 16.3. The Hall–Kier alpha value is -1.62. The number of fused-ring (bicyclic) bond motifs is 1. The summed E-state index contributed by atoms with van der Waals surface area (Å²) in [6, 6.07) is 7.89. The Labute approximate surface area is 271 Å². The van der Waals surface area contributed by atoms with Gasteiger partial charge in [0.25, 0.3) is 0 Å². The second-order valence-corrected chi connectivity index (χ2v) is 15.7. The summed E-state index contributed by atoms with van der Waals surface area (Å²) in [5.41, 5.74) is 7.85. The lowest BCUT2D eigenvalue weighted by molar-refractivity contribution is 0.0708. The number of hydrogen-bond acceptors (Lipinski definition) is 9. The van der Waals surface area contributed by atoms with Gasteiger partial charge in [0.1, 0.15) is 18.2 Å². The second-order valence-electron chi connectivity index (χ2n) is 11.5. The highest BCUT2D eigenvalue weighted by molar-refractivity contribution is 8.76. The zero-order valence-corrected chi connectivity index (χ0v) is 29.1. The summed E-state index contributed by atoms with van der Waals surface area (Å²) >= 11 is 0. The highest BCUT2D eigenvalue weighted by atomic mass is 33.1. The largest absolute Gasteiger partial charge is 0.382 e. The first-order valence-corrected chi connectivity index (χ1v) is 20.3. The molecule has 44 heavy (non-hydrogen) atoms. The number of anilines is 1. The molecule has 9 nitrogen and oxygen atoms in total. The number of unbranched alkanes of at least 4 members (excludes halogenated alkanes) is 13. The van der Waals surface area contributed by atoms with Crippen molar-refractivity contribution < 1.29 is 18.7 Å². The summed E-state index contributed by atoms with van der Waals surface area (Å²) < 4.78 is 25.6. The minimum atomic E-state index is -3.95. The fourth-order valence-corrected chi connectivity index (χ4v) is 8.19. The van der Waals surface area contributed by atoms with Gasteiger partial charge in [0.05, 0.1) is 25.6 Å². The van der Waals surface area contributed by atoms with Gasteiger partial charge >= 0.3 is 7.60 Å². The lowest BCUT2D eigenvalue weighted by atomic mass is 10.0.